The van der Waals surface area contributed by atoms with Crippen LogP contribution in [-0.2, 0) is 13.6 Å². The summed E-state index contributed by atoms with van der Waals surface area (Å²) < 4.78 is 1.61. The van der Waals surface area contributed by atoms with Gasteiger partial charge in [-0.25, -0.2) is 4.79 Å². The molecule has 6 heteroatoms. The van der Waals surface area contributed by atoms with Gasteiger partial charge in [-0.1, -0.05) is 0 Å². The fraction of sp³-hybridized carbons (Fsp3) is 0.286. The van der Waals surface area contributed by atoms with Gasteiger partial charge in [-0.05, 0) is 32.0 Å². The number of nitrogens with one attached hydrogen (secondary N) is 3. The standard InChI is InChI=1S/C14H17N5O/c1-8-11(9(2)18-17-8)7-15-10-4-5-12-13(6-10)19(3)14(20)16-12/h4-6,15H,7H2,1-3H3,(H,16,20)(H,17,18). The van der Waals surface area contributed by atoms with E-state index in [1.807, 2.05) is 32.0 Å². The third kappa shape index (κ3) is 1.99. The second-order valence-corrected chi connectivity index (χ2v) is 4.99. The highest BCUT2D eigenvalue weighted by Crippen LogP contribution is 2.18. The lowest BCUT2D eigenvalue weighted by Gasteiger charge is -2.07. The summed E-state index contributed by atoms with van der Waals surface area (Å²) in [6.07, 6.45) is 0. The van der Waals surface area contributed by atoms with Crippen molar-refractivity contribution in [1.82, 2.24) is 19.7 Å². The topological polar surface area (TPSA) is 78.5 Å². The molecular formula is C14H17N5O. The highest BCUT2D eigenvalue weighted by atomic mass is 16.1. The summed E-state index contributed by atoms with van der Waals surface area (Å²) in [6, 6.07) is 5.84. The molecule has 0 saturated carbocycles. The van der Waals surface area contributed by atoms with Crippen molar-refractivity contribution >= 4 is 16.7 Å². The van der Waals surface area contributed by atoms with Crippen LogP contribution in [0.4, 0.5) is 5.69 Å². The Hall–Kier alpha value is -2.50. The number of fused-ring (bicyclic) bond motifs is 1. The Balaban J connectivity index is 1.88. The van der Waals surface area contributed by atoms with Crippen molar-refractivity contribution in [1.29, 1.82) is 0 Å². The zero-order valence-corrected chi connectivity index (χ0v) is 11.7. The fourth-order valence-electron chi connectivity index (χ4n) is 2.36. The maximum atomic E-state index is 11.6. The molecule has 20 heavy (non-hydrogen) atoms. The predicted molar refractivity (Wildman–Crippen MR) is 78.9 cm³/mol. The first-order valence-electron chi connectivity index (χ1n) is 6.49. The molecule has 0 aliphatic carbocycles. The Morgan fingerprint density at radius 3 is 2.85 bits per heavy atom. The van der Waals surface area contributed by atoms with Crippen molar-refractivity contribution in [2.75, 3.05) is 5.32 Å². The van der Waals surface area contributed by atoms with E-state index < -0.39 is 0 Å². The normalized spacial score (nSPS) is 11.2. The molecule has 1 aromatic carbocycles. The van der Waals surface area contributed by atoms with Gasteiger partial charge in [-0.15, -0.1) is 0 Å². The van der Waals surface area contributed by atoms with Crippen molar-refractivity contribution < 1.29 is 0 Å². The Bertz CT molecular complexity index is 804. The average molecular weight is 271 g/mol. The van der Waals surface area contributed by atoms with E-state index in [-0.39, 0.29) is 5.69 Å². The fourth-order valence-corrected chi connectivity index (χ4v) is 2.36. The number of hydrogen-bond donors (Lipinski definition) is 3. The van der Waals surface area contributed by atoms with Crippen molar-refractivity contribution in [3.63, 3.8) is 0 Å². The number of H-pyrrole nitrogens is 2. The van der Waals surface area contributed by atoms with Crippen LogP contribution in [0.1, 0.15) is 17.0 Å². The number of aryl methyl sites for hydroxylation is 3. The molecule has 0 spiro atoms. The molecule has 6 nitrogen and oxygen atoms in total. The molecule has 0 fully saturated rings. The third-order valence-electron chi connectivity index (χ3n) is 3.66. The van der Waals surface area contributed by atoms with Crippen molar-refractivity contribution in [3.8, 4) is 0 Å². The number of benzene rings is 1. The summed E-state index contributed by atoms with van der Waals surface area (Å²) in [4.78, 5) is 14.4. The van der Waals surface area contributed by atoms with Crippen LogP contribution in [0.3, 0.4) is 0 Å². The molecule has 2 heterocycles. The minimum absolute atomic E-state index is 0.0985. The summed E-state index contributed by atoms with van der Waals surface area (Å²) in [6.45, 7) is 4.70. The van der Waals surface area contributed by atoms with Crippen molar-refractivity contribution in [2.45, 2.75) is 20.4 Å². The minimum Gasteiger partial charge on any atom is -0.381 e. The Labute approximate surface area is 115 Å². The Morgan fingerprint density at radius 1 is 1.35 bits per heavy atom. The van der Waals surface area contributed by atoms with Gasteiger partial charge in [0.2, 0.25) is 0 Å². The largest absolute Gasteiger partial charge is 0.381 e. The van der Waals surface area contributed by atoms with Crippen molar-refractivity contribution in [2.24, 2.45) is 7.05 Å². The van der Waals surface area contributed by atoms with Crippen LogP contribution in [0, 0.1) is 13.8 Å². The maximum absolute atomic E-state index is 11.6. The van der Waals surface area contributed by atoms with E-state index in [2.05, 4.69) is 20.5 Å². The quantitative estimate of drug-likeness (QED) is 0.680. The van der Waals surface area contributed by atoms with E-state index in [0.29, 0.717) is 6.54 Å². The molecule has 0 aliphatic rings. The second kappa shape index (κ2) is 4.56. The first-order chi connectivity index (χ1) is 9.56. The molecule has 0 unspecified atom stereocenters. The molecule has 3 N–H and O–H groups in total. The van der Waals surface area contributed by atoms with Gasteiger partial charge in [0, 0.05) is 30.5 Å². The van der Waals surface area contributed by atoms with Crippen molar-refractivity contribution in [3.05, 3.63) is 45.6 Å². The zero-order valence-electron chi connectivity index (χ0n) is 11.7. The highest BCUT2D eigenvalue weighted by Gasteiger charge is 2.07. The molecule has 3 aromatic rings. The molecule has 0 aliphatic heterocycles. The summed E-state index contributed by atoms with van der Waals surface area (Å²) in [5, 5.41) is 10.5. The summed E-state index contributed by atoms with van der Waals surface area (Å²) in [7, 11) is 1.76. The zero-order chi connectivity index (χ0) is 14.3. The highest BCUT2D eigenvalue weighted by molar-refractivity contribution is 5.79. The number of anilines is 1. The van der Waals surface area contributed by atoms with Crippen LogP contribution in [0.15, 0.2) is 23.0 Å². The number of nitrogens with zero attached hydrogens (tertiary/aromatic N) is 2. The molecule has 2 aromatic heterocycles. The predicted octanol–water partition coefficient (Wildman–Crippen LogP) is 1.82. The second-order valence-electron chi connectivity index (χ2n) is 4.99. The van der Waals surface area contributed by atoms with E-state index >= 15 is 0 Å². The lowest BCUT2D eigenvalue weighted by Crippen LogP contribution is -2.11. The molecule has 0 radical (unpaired) electrons. The van der Waals surface area contributed by atoms with Gasteiger partial charge in [0.1, 0.15) is 0 Å². The molecular weight excluding hydrogens is 254 g/mol. The van der Waals surface area contributed by atoms with Crippen LogP contribution in [0.25, 0.3) is 11.0 Å². The van der Waals surface area contributed by atoms with Crippen LogP contribution >= 0.6 is 0 Å². The van der Waals surface area contributed by atoms with Crippen LogP contribution in [0.5, 0.6) is 0 Å². The van der Waals surface area contributed by atoms with Gasteiger partial charge >= 0.3 is 5.69 Å². The average Bonchev–Trinajstić information content (AvgIpc) is 2.89. The third-order valence-corrected chi connectivity index (χ3v) is 3.66. The summed E-state index contributed by atoms with van der Waals surface area (Å²) in [5.74, 6) is 0. The lowest BCUT2D eigenvalue weighted by molar-refractivity contribution is 0.891. The molecule has 0 saturated heterocycles. The smallest absolute Gasteiger partial charge is 0.326 e. The summed E-state index contributed by atoms with van der Waals surface area (Å²) >= 11 is 0. The van der Waals surface area contributed by atoms with Crippen LogP contribution in [0.2, 0.25) is 0 Å². The number of aromatic nitrogens is 4. The van der Waals surface area contributed by atoms with E-state index in [1.165, 1.54) is 5.56 Å². The Kier molecular flexibility index (Phi) is 2.85. The van der Waals surface area contributed by atoms with Gasteiger partial charge in [0.15, 0.2) is 0 Å². The number of imidazole rings is 1. The van der Waals surface area contributed by atoms with Crippen LogP contribution < -0.4 is 11.0 Å². The van der Waals surface area contributed by atoms with E-state index in [0.717, 1.165) is 28.1 Å². The minimum atomic E-state index is -0.0985. The monoisotopic (exact) mass is 271 g/mol. The van der Waals surface area contributed by atoms with Gasteiger partial charge < -0.3 is 10.3 Å². The first kappa shape index (κ1) is 12.5. The molecule has 0 amide bonds. The van der Waals surface area contributed by atoms with Gasteiger partial charge in [-0.3, -0.25) is 9.67 Å². The van der Waals surface area contributed by atoms with Gasteiger partial charge in [0.05, 0.1) is 16.7 Å². The number of hydrogen-bond acceptors (Lipinski definition) is 3. The lowest BCUT2D eigenvalue weighted by atomic mass is 10.2. The maximum Gasteiger partial charge on any atom is 0.326 e. The first-order valence-corrected chi connectivity index (χ1v) is 6.49. The van der Waals surface area contributed by atoms with E-state index in [9.17, 15) is 4.79 Å². The van der Waals surface area contributed by atoms with E-state index in [4.69, 9.17) is 0 Å². The Morgan fingerprint density at radius 2 is 2.15 bits per heavy atom. The van der Waals surface area contributed by atoms with E-state index in [1.54, 1.807) is 11.6 Å². The molecule has 3 rings (SSSR count). The molecule has 0 atom stereocenters. The van der Waals surface area contributed by atoms with Crippen LogP contribution in [-0.4, -0.2) is 19.7 Å². The summed E-state index contributed by atoms with van der Waals surface area (Å²) in [5.41, 5.74) is 5.87. The molecule has 0 bridgehead atoms. The molecule has 104 valence electrons. The van der Waals surface area contributed by atoms with Gasteiger partial charge in [0.25, 0.3) is 0 Å². The number of aromatic amines is 2. The van der Waals surface area contributed by atoms with Gasteiger partial charge in [-0.2, -0.15) is 5.10 Å². The SMILES string of the molecule is Cc1n[nH]c(C)c1CNc1ccc2[nH]c(=O)n(C)c2c1. The number of rotatable bonds is 3.